The molecule has 2 aromatic rings. The van der Waals surface area contributed by atoms with Crippen LogP contribution in [0.4, 0.5) is 4.39 Å². The van der Waals surface area contributed by atoms with Gasteiger partial charge < -0.3 is 5.73 Å². The first kappa shape index (κ1) is 15.9. The van der Waals surface area contributed by atoms with E-state index in [9.17, 15) is 9.18 Å². The van der Waals surface area contributed by atoms with Crippen molar-refractivity contribution in [3.63, 3.8) is 0 Å². The smallest absolute Gasteiger partial charge is 0.140 e. The van der Waals surface area contributed by atoms with Crippen molar-refractivity contribution in [2.45, 2.75) is 38.1 Å². The average molecular weight is 311 g/mol. The van der Waals surface area contributed by atoms with Crippen molar-refractivity contribution < 1.29 is 9.18 Å². The SMILES string of the molecule is CC[C@H](C(=O)C[C@H]1Cc2ccccc2[C@@H]1N)c1ccc(F)cc1. The van der Waals surface area contributed by atoms with Gasteiger partial charge in [0.1, 0.15) is 11.6 Å². The molecule has 1 aliphatic rings. The number of carbonyl (C=O) groups is 1. The highest BCUT2D eigenvalue weighted by atomic mass is 19.1. The Kier molecular flexibility index (Phi) is 4.58. The summed E-state index contributed by atoms with van der Waals surface area (Å²) in [5.74, 6) is -0.0856. The van der Waals surface area contributed by atoms with E-state index >= 15 is 0 Å². The highest BCUT2D eigenvalue weighted by molar-refractivity contribution is 5.86. The van der Waals surface area contributed by atoms with Crippen molar-refractivity contribution in [3.8, 4) is 0 Å². The van der Waals surface area contributed by atoms with Crippen molar-refractivity contribution in [3.05, 3.63) is 71.0 Å². The van der Waals surface area contributed by atoms with E-state index in [1.54, 1.807) is 12.1 Å². The number of Topliss-reactive ketones (excluding diaryl/α,β-unsaturated/α-hetero) is 1. The lowest BCUT2D eigenvalue weighted by Gasteiger charge is -2.20. The molecule has 0 aromatic heterocycles. The zero-order valence-electron chi connectivity index (χ0n) is 13.3. The van der Waals surface area contributed by atoms with Gasteiger partial charge >= 0.3 is 0 Å². The second-order valence-electron chi connectivity index (χ2n) is 6.37. The van der Waals surface area contributed by atoms with Gasteiger partial charge in [-0.3, -0.25) is 4.79 Å². The van der Waals surface area contributed by atoms with Gasteiger partial charge in [-0.15, -0.1) is 0 Å². The molecule has 0 unspecified atom stereocenters. The lowest BCUT2D eigenvalue weighted by Crippen LogP contribution is -2.23. The highest BCUT2D eigenvalue weighted by Crippen LogP contribution is 2.37. The zero-order valence-corrected chi connectivity index (χ0v) is 13.3. The second kappa shape index (κ2) is 6.63. The van der Waals surface area contributed by atoms with Crippen molar-refractivity contribution in [1.82, 2.24) is 0 Å². The Hall–Kier alpha value is -2.00. The van der Waals surface area contributed by atoms with Crippen LogP contribution in [0.1, 0.15) is 48.4 Å². The summed E-state index contributed by atoms with van der Waals surface area (Å²) in [5.41, 5.74) is 9.65. The molecule has 0 fully saturated rings. The number of hydrogen-bond donors (Lipinski definition) is 1. The van der Waals surface area contributed by atoms with Gasteiger partial charge in [0.15, 0.2) is 0 Å². The standard InChI is InChI=1S/C20H22FNO/c1-2-17(13-7-9-16(21)10-8-13)19(23)12-15-11-14-5-3-4-6-18(14)20(15)22/h3-10,15,17,20H,2,11-12,22H2,1H3/t15-,17+,20-/m1/s1. The lowest BCUT2D eigenvalue weighted by molar-refractivity contribution is -0.121. The number of nitrogens with two attached hydrogens (primary N) is 1. The fraction of sp³-hybridized carbons (Fsp3) is 0.350. The van der Waals surface area contributed by atoms with Gasteiger partial charge in [0.25, 0.3) is 0 Å². The van der Waals surface area contributed by atoms with Gasteiger partial charge in [0, 0.05) is 18.4 Å². The van der Waals surface area contributed by atoms with E-state index in [1.165, 1.54) is 23.3 Å². The Morgan fingerprint density at radius 1 is 1.22 bits per heavy atom. The quantitative estimate of drug-likeness (QED) is 0.901. The van der Waals surface area contributed by atoms with Crippen LogP contribution in [0.5, 0.6) is 0 Å². The Morgan fingerprint density at radius 3 is 2.57 bits per heavy atom. The molecule has 0 bridgehead atoms. The Balaban J connectivity index is 1.72. The summed E-state index contributed by atoms with van der Waals surface area (Å²) in [6, 6.07) is 14.4. The molecule has 0 heterocycles. The van der Waals surface area contributed by atoms with Crippen LogP contribution in [0.3, 0.4) is 0 Å². The average Bonchev–Trinajstić information content (AvgIpc) is 2.86. The van der Waals surface area contributed by atoms with E-state index in [2.05, 4.69) is 12.1 Å². The third kappa shape index (κ3) is 3.20. The molecule has 0 saturated heterocycles. The largest absolute Gasteiger partial charge is 0.324 e. The third-order valence-corrected chi connectivity index (χ3v) is 4.94. The normalized spacial score (nSPS) is 21.0. The van der Waals surface area contributed by atoms with E-state index < -0.39 is 0 Å². The Labute approximate surface area is 136 Å². The monoisotopic (exact) mass is 311 g/mol. The molecule has 1 aliphatic carbocycles. The fourth-order valence-electron chi connectivity index (χ4n) is 3.65. The molecule has 120 valence electrons. The van der Waals surface area contributed by atoms with E-state index in [0.717, 1.165) is 18.4 Å². The maximum Gasteiger partial charge on any atom is 0.140 e. The van der Waals surface area contributed by atoms with Crippen LogP contribution in [-0.4, -0.2) is 5.78 Å². The number of rotatable bonds is 5. The van der Waals surface area contributed by atoms with Gasteiger partial charge in [-0.2, -0.15) is 0 Å². The third-order valence-electron chi connectivity index (χ3n) is 4.94. The molecule has 3 atom stereocenters. The van der Waals surface area contributed by atoms with E-state index in [-0.39, 0.29) is 29.5 Å². The lowest BCUT2D eigenvalue weighted by atomic mass is 9.85. The molecule has 2 aromatic carbocycles. The van der Waals surface area contributed by atoms with Crippen molar-refractivity contribution >= 4 is 5.78 Å². The van der Waals surface area contributed by atoms with Crippen LogP contribution in [0.15, 0.2) is 48.5 Å². The molecule has 3 rings (SSSR count). The zero-order chi connectivity index (χ0) is 16.4. The summed E-state index contributed by atoms with van der Waals surface area (Å²) >= 11 is 0. The topological polar surface area (TPSA) is 43.1 Å². The summed E-state index contributed by atoms with van der Waals surface area (Å²) in [5, 5.41) is 0. The van der Waals surface area contributed by atoms with Gasteiger partial charge in [0.2, 0.25) is 0 Å². The number of fused-ring (bicyclic) bond motifs is 1. The summed E-state index contributed by atoms with van der Waals surface area (Å²) < 4.78 is 13.1. The Morgan fingerprint density at radius 2 is 1.91 bits per heavy atom. The maximum absolute atomic E-state index is 13.1. The van der Waals surface area contributed by atoms with Gasteiger partial charge in [-0.1, -0.05) is 43.3 Å². The van der Waals surface area contributed by atoms with E-state index in [0.29, 0.717) is 6.42 Å². The number of benzene rings is 2. The summed E-state index contributed by atoms with van der Waals surface area (Å²) in [6.45, 7) is 2.00. The minimum atomic E-state index is -0.274. The van der Waals surface area contributed by atoms with Gasteiger partial charge in [-0.25, -0.2) is 4.39 Å². The van der Waals surface area contributed by atoms with Crippen LogP contribution >= 0.6 is 0 Å². The molecule has 0 saturated carbocycles. The molecule has 0 spiro atoms. The van der Waals surface area contributed by atoms with Crippen molar-refractivity contribution in [2.75, 3.05) is 0 Å². The number of ketones is 1. The molecule has 0 aliphatic heterocycles. The minimum absolute atomic E-state index is 0.0686. The number of halogens is 1. The molecule has 23 heavy (non-hydrogen) atoms. The summed E-state index contributed by atoms with van der Waals surface area (Å²) in [7, 11) is 0. The van der Waals surface area contributed by atoms with Crippen molar-refractivity contribution in [1.29, 1.82) is 0 Å². The molecular weight excluding hydrogens is 289 g/mol. The number of hydrogen-bond acceptors (Lipinski definition) is 2. The molecule has 2 nitrogen and oxygen atoms in total. The summed E-state index contributed by atoms with van der Waals surface area (Å²) in [6.07, 6.45) is 2.06. The molecule has 2 N–H and O–H groups in total. The predicted octanol–water partition coefficient (Wildman–Crippen LogP) is 4.15. The van der Waals surface area contributed by atoms with Crippen LogP contribution in [0.25, 0.3) is 0 Å². The van der Waals surface area contributed by atoms with Crippen molar-refractivity contribution in [2.24, 2.45) is 11.7 Å². The van der Waals surface area contributed by atoms with Gasteiger partial charge in [0.05, 0.1) is 0 Å². The fourth-order valence-corrected chi connectivity index (χ4v) is 3.65. The first-order valence-electron chi connectivity index (χ1n) is 8.21. The second-order valence-corrected chi connectivity index (χ2v) is 6.37. The molecule has 0 radical (unpaired) electrons. The maximum atomic E-state index is 13.1. The molecule has 3 heteroatoms. The van der Waals surface area contributed by atoms with Crippen LogP contribution in [-0.2, 0) is 11.2 Å². The van der Waals surface area contributed by atoms with E-state index in [4.69, 9.17) is 5.73 Å². The van der Waals surface area contributed by atoms with Crippen LogP contribution in [0.2, 0.25) is 0 Å². The highest BCUT2D eigenvalue weighted by Gasteiger charge is 2.32. The molecular formula is C20H22FNO. The van der Waals surface area contributed by atoms with E-state index in [1.807, 2.05) is 19.1 Å². The first-order valence-corrected chi connectivity index (χ1v) is 8.21. The van der Waals surface area contributed by atoms with Crippen LogP contribution in [0, 0.1) is 11.7 Å². The predicted molar refractivity (Wildman–Crippen MR) is 89.6 cm³/mol. The van der Waals surface area contributed by atoms with Crippen LogP contribution < -0.4 is 5.73 Å². The Bertz CT molecular complexity index is 695. The summed E-state index contributed by atoms with van der Waals surface area (Å²) in [4.78, 5) is 12.8. The number of carbonyl (C=O) groups excluding carboxylic acids is 1. The van der Waals surface area contributed by atoms with Gasteiger partial charge in [-0.05, 0) is 47.6 Å². The first-order chi connectivity index (χ1) is 11.1. The minimum Gasteiger partial charge on any atom is -0.324 e. The molecule has 0 amide bonds.